The van der Waals surface area contributed by atoms with Gasteiger partial charge in [0.1, 0.15) is 0 Å². The van der Waals surface area contributed by atoms with Gasteiger partial charge in [-0.05, 0) is 18.8 Å². The minimum Gasteiger partial charge on any atom is -0.294 e. The Morgan fingerprint density at radius 1 is 1.43 bits per heavy atom. The Labute approximate surface area is 84.5 Å². The Hall–Kier alpha value is -1.37. The van der Waals surface area contributed by atoms with E-state index in [0.29, 0.717) is 11.7 Å². The Bertz CT molecular complexity index is 340. The first kappa shape index (κ1) is 9.20. The summed E-state index contributed by atoms with van der Waals surface area (Å²) in [5.41, 5.74) is 0.851. The van der Waals surface area contributed by atoms with Crippen LogP contribution >= 0.6 is 0 Å². The first-order valence-corrected chi connectivity index (χ1v) is 5.03. The zero-order valence-corrected chi connectivity index (χ0v) is 8.15. The zero-order chi connectivity index (χ0) is 9.97. The van der Waals surface area contributed by atoms with Gasteiger partial charge in [0.25, 0.3) is 0 Å². The summed E-state index contributed by atoms with van der Waals surface area (Å²) in [5, 5.41) is 0. The SMILES string of the molecule is C=CC[C@@H]1C[C@H]1C(=O)c1ccccc1. The molecule has 0 heterocycles. The molecule has 1 aliphatic carbocycles. The summed E-state index contributed by atoms with van der Waals surface area (Å²) in [4.78, 5) is 11.9. The quantitative estimate of drug-likeness (QED) is 0.521. The van der Waals surface area contributed by atoms with Crippen molar-refractivity contribution in [3.05, 3.63) is 48.6 Å². The summed E-state index contributed by atoms with van der Waals surface area (Å²) in [6.45, 7) is 3.70. The third kappa shape index (κ3) is 1.77. The van der Waals surface area contributed by atoms with Gasteiger partial charge < -0.3 is 0 Å². The molecule has 1 saturated carbocycles. The van der Waals surface area contributed by atoms with Gasteiger partial charge in [0, 0.05) is 11.5 Å². The number of ketones is 1. The van der Waals surface area contributed by atoms with Crippen LogP contribution < -0.4 is 0 Å². The molecule has 1 aromatic rings. The van der Waals surface area contributed by atoms with Gasteiger partial charge in [0.05, 0.1) is 0 Å². The maximum absolute atomic E-state index is 11.9. The number of hydrogen-bond donors (Lipinski definition) is 0. The molecule has 14 heavy (non-hydrogen) atoms. The van der Waals surface area contributed by atoms with Crippen LogP contribution in [-0.4, -0.2) is 5.78 Å². The molecule has 72 valence electrons. The van der Waals surface area contributed by atoms with E-state index in [1.165, 1.54) is 0 Å². The lowest BCUT2D eigenvalue weighted by atomic mass is 10.1. The van der Waals surface area contributed by atoms with Crippen molar-refractivity contribution in [1.29, 1.82) is 0 Å². The number of hydrogen-bond acceptors (Lipinski definition) is 1. The second kappa shape index (κ2) is 3.79. The molecule has 2 atom stereocenters. The second-order valence-corrected chi connectivity index (χ2v) is 3.86. The molecule has 0 unspecified atom stereocenters. The number of carbonyl (C=O) groups is 1. The van der Waals surface area contributed by atoms with Crippen molar-refractivity contribution in [2.24, 2.45) is 11.8 Å². The number of allylic oxidation sites excluding steroid dienone is 1. The highest BCUT2D eigenvalue weighted by molar-refractivity contribution is 5.99. The van der Waals surface area contributed by atoms with Gasteiger partial charge in [-0.1, -0.05) is 36.4 Å². The fourth-order valence-corrected chi connectivity index (χ4v) is 1.86. The lowest BCUT2D eigenvalue weighted by molar-refractivity contribution is 0.0961. The Morgan fingerprint density at radius 2 is 2.14 bits per heavy atom. The maximum atomic E-state index is 11.9. The van der Waals surface area contributed by atoms with Gasteiger partial charge >= 0.3 is 0 Å². The third-order valence-electron chi connectivity index (χ3n) is 2.79. The summed E-state index contributed by atoms with van der Waals surface area (Å²) in [5.74, 6) is 1.12. The van der Waals surface area contributed by atoms with Crippen molar-refractivity contribution >= 4 is 5.78 Å². The summed E-state index contributed by atoms with van der Waals surface area (Å²) in [7, 11) is 0. The van der Waals surface area contributed by atoms with E-state index in [-0.39, 0.29) is 5.92 Å². The van der Waals surface area contributed by atoms with E-state index in [0.717, 1.165) is 18.4 Å². The average Bonchev–Trinajstić information content (AvgIpc) is 2.98. The van der Waals surface area contributed by atoms with Crippen LogP contribution in [0.2, 0.25) is 0 Å². The van der Waals surface area contributed by atoms with Gasteiger partial charge in [-0.25, -0.2) is 0 Å². The van der Waals surface area contributed by atoms with E-state index in [1.54, 1.807) is 0 Å². The topological polar surface area (TPSA) is 17.1 Å². The Balaban J connectivity index is 2.01. The van der Waals surface area contributed by atoms with Crippen molar-refractivity contribution in [2.75, 3.05) is 0 Å². The van der Waals surface area contributed by atoms with Crippen LogP contribution in [0, 0.1) is 11.8 Å². The lowest BCUT2D eigenvalue weighted by Gasteiger charge is -1.98. The first-order chi connectivity index (χ1) is 6.83. The maximum Gasteiger partial charge on any atom is 0.166 e. The Kier molecular flexibility index (Phi) is 2.49. The highest BCUT2D eigenvalue weighted by Crippen LogP contribution is 2.43. The Morgan fingerprint density at radius 3 is 2.79 bits per heavy atom. The molecular formula is C13H14O. The summed E-state index contributed by atoms with van der Waals surface area (Å²) in [6, 6.07) is 9.55. The smallest absolute Gasteiger partial charge is 0.166 e. The van der Waals surface area contributed by atoms with Gasteiger partial charge in [0.15, 0.2) is 5.78 Å². The molecule has 1 aromatic carbocycles. The minimum atomic E-state index is 0.260. The van der Waals surface area contributed by atoms with E-state index >= 15 is 0 Å². The van der Waals surface area contributed by atoms with Crippen LogP contribution in [0.3, 0.4) is 0 Å². The van der Waals surface area contributed by atoms with Crippen LogP contribution in [0.15, 0.2) is 43.0 Å². The van der Waals surface area contributed by atoms with Crippen molar-refractivity contribution in [2.45, 2.75) is 12.8 Å². The lowest BCUT2D eigenvalue weighted by Crippen LogP contribution is -2.02. The number of Topliss-reactive ketones (excluding diaryl/α,β-unsaturated/α-hetero) is 1. The molecule has 0 saturated heterocycles. The molecule has 1 fully saturated rings. The molecule has 0 amide bonds. The molecule has 0 radical (unpaired) electrons. The van der Waals surface area contributed by atoms with Crippen LogP contribution in [0.1, 0.15) is 23.2 Å². The van der Waals surface area contributed by atoms with Crippen molar-refractivity contribution in [3.8, 4) is 0 Å². The zero-order valence-electron chi connectivity index (χ0n) is 8.15. The van der Waals surface area contributed by atoms with Crippen LogP contribution in [0.5, 0.6) is 0 Å². The molecule has 0 spiro atoms. The molecule has 1 aliphatic rings. The number of rotatable bonds is 4. The highest BCUT2D eigenvalue weighted by atomic mass is 16.1. The van der Waals surface area contributed by atoms with Crippen molar-refractivity contribution < 1.29 is 4.79 Å². The largest absolute Gasteiger partial charge is 0.294 e. The van der Waals surface area contributed by atoms with Gasteiger partial charge in [-0.3, -0.25) is 4.79 Å². The predicted octanol–water partition coefficient (Wildman–Crippen LogP) is 3.08. The second-order valence-electron chi connectivity index (χ2n) is 3.86. The number of carbonyl (C=O) groups excluding carboxylic acids is 1. The fraction of sp³-hybridized carbons (Fsp3) is 0.308. The van der Waals surface area contributed by atoms with E-state index < -0.39 is 0 Å². The number of benzene rings is 1. The molecule has 2 rings (SSSR count). The third-order valence-corrected chi connectivity index (χ3v) is 2.79. The average molecular weight is 186 g/mol. The molecule has 0 N–H and O–H groups in total. The van der Waals surface area contributed by atoms with E-state index in [9.17, 15) is 4.79 Å². The monoisotopic (exact) mass is 186 g/mol. The molecular weight excluding hydrogens is 172 g/mol. The van der Waals surface area contributed by atoms with Crippen LogP contribution in [-0.2, 0) is 0 Å². The van der Waals surface area contributed by atoms with Gasteiger partial charge in [-0.15, -0.1) is 6.58 Å². The molecule has 0 bridgehead atoms. The highest BCUT2D eigenvalue weighted by Gasteiger charge is 2.41. The summed E-state index contributed by atoms with van der Waals surface area (Å²) in [6.07, 6.45) is 3.92. The fourth-order valence-electron chi connectivity index (χ4n) is 1.86. The van der Waals surface area contributed by atoms with Crippen LogP contribution in [0.25, 0.3) is 0 Å². The molecule has 1 nitrogen and oxygen atoms in total. The van der Waals surface area contributed by atoms with E-state index in [4.69, 9.17) is 0 Å². The molecule has 0 aromatic heterocycles. The van der Waals surface area contributed by atoms with Crippen molar-refractivity contribution in [1.82, 2.24) is 0 Å². The standard InChI is InChI=1S/C13H14O/c1-2-6-11-9-12(11)13(14)10-7-4-3-5-8-10/h2-5,7-8,11-12H,1,6,9H2/t11-,12-/m1/s1. The predicted molar refractivity (Wildman–Crippen MR) is 57.2 cm³/mol. The molecule has 1 heteroatoms. The van der Waals surface area contributed by atoms with Gasteiger partial charge in [0.2, 0.25) is 0 Å². The minimum absolute atomic E-state index is 0.260. The van der Waals surface area contributed by atoms with E-state index in [2.05, 4.69) is 6.58 Å². The van der Waals surface area contributed by atoms with Crippen LogP contribution in [0.4, 0.5) is 0 Å². The van der Waals surface area contributed by atoms with Crippen molar-refractivity contribution in [3.63, 3.8) is 0 Å². The van der Waals surface area contributed by atoms with Gasteiger partial charge in [-0.2, -0.15) is 0 Å². The molecule has 0 aliphatic heterocycles. The summed E-state index contributed by atoms with van der Waals surface area (Å²) >= 11 is 0. The van der Waals surface area contributed by atoms with E-state index in [1.807, 2.05) is 36.4 Å². The first-order valence-electron chi connectivity index (χ1n) is 5.03. The normalized spacial score (nSPS) is 24.3. The summed E-state index contributed by atoms with van der Waals surface area (Å²) < 4.78 is 0.